The Morgan fingerprint density at radius 1 is 1.07 bits per heavy atom. The molecule has 0 radical (unpaired) electrons. The quantitative estimate of drug-likeness (QED) is 0.418. The van der Waals surface area contributed by atoms with E-state index in [1.165, 1.54) is 53.4 Å². The number of carboxylic acid groups (broad SMARTS) is 1. The molecule has 27 heavy (non-hydrogen) atoms. The topological polar surface area (TPSA) is 137 Å². The van der Waals surface area contributed by atoms with E-state index in [1.54, 1.807) is 0 Å². The maximum atomic E-state index is 12.0. The van der Waals surface area contributed by atoms with E-state index in [0.29, 0.717) is 0 Å². The van der Waals surface area contributed by atoms with E-state index < -0.39 is 36.5 Å². The van der Waals surface area contributed by atoms with E-state index in [9.17, 15) is 24.9 Å². The predicted molar refractivity (Wildman–Crippen MR) is 87.9 cm³/mol. The highest BCUT2D eigenvalue weighted by Crippen LogP contribution is 2.26. The third-order valence-corrected chi connectivity index (χ3v) is 4.18. The zero-order valence-corrected chi connectivity index (χ0v) is 14.0. The second-order valence-electron chi connectivity index (χ2n) is 6.04. The standard InChI is InChI=1S/C18H17NO8/c20-12-5-3-10(4-6-12)18(25)26-9-13-14(21)15(22)16(27-13)19-7-1-2-11(8-19)17(23)24/h1-8,13-16,21-22H,9H2,(H-,20,23,24,25)/p+1/t13-,14+,15?,16+/m1/s1. The Hall–Kier alpha value is -3.01. The van der Waals surface area contributed by atoms with Crippen LogP contribution in [-0.2, 0) is 9.47 Å². The normalized spacial score (nSPS) is 24.5. The summed E-state index contributed by atoms with van der Waals surface area (Å²) in [6.45, 7) is -0.312. The van der Waals surface area contributed by atoms with Crippen molar-refractivity contribution < 1.29 is 44.1 Å². The fourth-order valence-corrected chi connectivity index (χ4v) is 2.73. The van der Waals surface area contributed by atoms with E-state index in [1.807, 2.05) is 0 Å². The van der Waals surface area contributed by atoms with Gasteiger partial charge in [-0.2, -0.15) is 4.57 Å². The van der Waals surface area contributed by atoms with Crippen LogP contribution in [0.5, 0.6) is 5.75 Å². The van der Waals surface area contributed by atoms with Gasteiger partial charge < -0.3 is 29.9 Å². The molecule has 1 aromatic carbocycles. The van der Waals surface area contributed by atoms with Gasteiger partial charge >= 0.3 is 11.9 Å². The number of aliphatic hydroxyl groups is 2. The van der Waals surface area contributed by atoms with Crippen LogP contribution in [0.4, 0.5) is 0 Å². The first-order valence-electron chi connectivity index (χ1n) is 8.08. The lowest BCUT2D eigenvalue weighted by molar-refractivity contribution is -0.765. The molecule has 0 spiro atoms. The fourth-order valence-electron chi connectivity index (χ4n) is 2.73. The van der Waals surface area contributed by atoms with Crippen LogP contribution >= 0.6 is 0 Å². The summed E-state index contributed by atoms with van der Waals surface area (Å²) in [7, 11) is 0. The third kappa shape index (κ3) is 4.05. The van der Waals surface area contributed by atoms with Gasteiger partial charge in [-0.25, -0.2) is 9.59 Å². The summed E-state index contributed by atoms with van der Waals surface area (Å²) in [4.78, 5) is 23.1. The molecule has 0 saturated carbocycles. The van der Waals surface area contributed by atoms with Gasteiger partial charge in [0.25, 0.3) is 6.23 Å². The molecule has 3 rings (SSSR count). The number of pyridine rings is 1. The second-order valence-corrected chi connectivity index (χ2v) is 6.04. The summed E-state index contributed by atoms with van der Waals surface area (Å²) in [5.74, 6) is -1.81. The molecule has 9 nitrogen and oxygen atoms in total. The molecule has 1 saturated heterocycles. The maximum absolute atomic E-state index is 12.0. The highest BCUT2D eigenvalue weighted by Gasteiger charge is 2.48. The van der Waals surface area contributed by atoms with E-state index >= 15 is 0 Å². The molecule has 4 atom stereocenters. The van der Waals surface area contributed by atoms with Gasteiger partial charge in [0, 0.05) is 6.07 Å². The molecule has 142 valence electrons. The van der Waals surface area contributed by atoms with Crippen molar-refractivity contribution in [1.82, 2.24) is 0 Å². The minimum Gasteiger partial charge on any atom is -0.508 e. The van der Waals surface area contributed by atoms with Gasteiger partial charge in [-0.15, -0.1) is 0 Å². The number of esters is 1. The number of carbonyl (C=O) groups excluding carboxylic acids is 1. The van der Waals surface area contributed by atoms with Gasteiger partial charge in [0.2, 0.25) is 0 Å². The van der Waals surface area contributed by atoms with Crippen molar-refractivity contribution in [3.8, 4) is 5.75 Å². The van der Waals surface area contributed by atoms with Crippen molar-refractivity contribution in [1.29, 1.82) is 0 Å². The Morgan fingerprint density at radius 2 is 1.78 bits per heavy atom. The van der Waals surface area contributed by atoms with Crippen molar-refractivity contribution in [2.75, 3.05) is 6.61 Å². The molecule has 9 heteroatoms. The van der Waals surface area contributed by atoms with Crippen LogP contribution in [-0.4, -0.2) is 57.3 Å². The lowest BCUT2D eigenvalue weighted by Crippen LogP contribution is -2.46. The van der Waals surface area contributed by atoms with Crippen molar-refractivity contribution in [3.63, 3.8) is 0 Å². The summed E-state index contributed by atoms with van der Waals surface area (Å²) < 4.78 is 12.0. The van der Waals surface area contributed by atoms with E-state index in [2.05, 4.69) is 0 Å². The number of ether oxygens (including phenoxy) is 2. The molecule has 4 N–H and O–H groups in total. The molecule has 0 bridgehead atoms. The number of benzene rings is 1. The van der Waals surface area contributed by atoms with Crippen LogP contribution in [0.1, 0.15) is 26.9 Å². The smallest absolute Gasteiger partial charge is 0.341 e. The Labute approximate surface area is 153 Å². The molecule has 1 unspecified atom stereocenters. The van der Waals surface area contributed by atoms with Gasteiger partial charge in [-0.1, -0.05) is 0 Å². The van der Waals surface area contributed by atoms with Crippen LogP contribution in [0.15, 0.2) is 48.8 Å². The Morgan fingerprint density at radius 3 is 2.44 bits per heavy atom. The average molecular weight is 376 g/mol. The average Bonchev–Trinajstić information content (AvgIpc) is 2.95. The number of aromatic carboxylic acids is 1. The summed E-state index contributed by atoms with van der Waals surface area (Å²) in [6.07, 6.45) is -1.92. The molecule has 1 aliphatic rings. The van der Waals surface area contributed by atoms with Crippen LogP contribution in [0.3, 0.4) is 0 Å². The van der Waals surface area contributed by atoms with Crippen molar-refractivity contribution in [2.24, 2.45) is 0 Å². The van der Waals surface area contributed by atoms with Crippen LogP contribution in [0.2, 0.25) is 0 Å². The first-order valence-corrected chi connectivity index (χ1v) is 8.08. The van der Waals surface area contributed by atoms with Crippen LogP contribution in [0.25, 0.3) is 0 Å². The zero-order chi connectivity index (χ0) is 19.6. The number of phenols is 1. The molecular formula is C18H18NO8+. The molecule has 1 aromatic heterocycles. The molecular weight excluding hydrogens is 358 g/mol. The molecule has 1 aliphatic heterocycles. The van der Waals surface area contributed by atoms with E-state index in [4.69, 9.17) is 14.6 Å². The first-order chi connectivity index (χ1) is 12.9. The van der Waals surface area contributed by atoms with Crippen LogP contribution in [0, 0.1) is 0 Å². The molecule has 2 heterocycles. The minimum atomic E-state index is -1.34. The van der Waals surface area contributed by atoms with Gasteiger partial charge in [0.15, 0.2) is 18.5 Å². The minimum absolute atomic E-state index is 0.00711. The van der Waals surface area contributed by atoms with Crippen molar-refractivity contribution in [2.45, 2.75) is 24.5 Å². The monoisotopic (exact) mass is 376 g/mol. The number of hydrogen-bond acceptors (Lipinski definition) is 7. The summed E-state index contributed by atoms with van der Waals surface area (Å²) >= 11 is 0. The number of aliphatic hydroxyl groups excluding tert-OH is 2. The molecule has 2 aromatic rings. The van der Waals surface area contributed by atoms with E-state index in [0.717, 1.165) is 0 Å². The number of hydrogen-bond donors (Lipinski definition) is 4. The number of aromatic nitrogens is 1. The lowest BCUT2D eigenvalue weighted by Gasteiger charge is -2.13. The first kappa shape index (κ1) is 18.8. The predicted octanol–water partition coefficient (Wildman–Crippen LogP) is -0.146. The highest BCUT2D eigenvalue weighted by atomic mass is 16.6. The number of rotatable bonds is 5. The molecule has 0 amide bonds. The summed E-state index contributed by atoms with van der Waals surface area (Å²) in [5.41, 5.74) is 0.200. The van der Waals surface area contributed by atoms with Gasteiger partial charge in [0.05, 0.1) is 5.56 Å². The fraction of sp³-hybridized carbons (Fsp3) is 0.278. The summed E-state index contributed by atoms with van der Waals surface area (Å²) in [6, 6.07) is 8.30. The number of aromatic hydroxyl groups is 1. The maximum Gasteiger partial charge on any atom is 0.341 e. The molecule has 1 fully saturated rings. The number of phenolic OH excluding ortho intramolecular Hbond substituents is 1. The van der Waals surface area contributed by atoms with Gasteiger partial charge in [-0.05, 0) is 30.3 Å². The SMILES string of the molecule is O=C(O)c1ccc[n+]([C@H]2O[C@H](COC(=O)c3ccc(O)cc3)[C@H](O)C2O)c1. The molecule has 0 aliphatic carbocycles. The van der Waals surface area contributed by atoms with Crippen LogP contribution < -0.4 is 4.57 Å². The van der Waals surface area contributed by atoms with Gasteiger partial charge in [-0.3, -0.25) is 0 Å². The number of nitrogens with zero attached hydrogens (tertiary/aromatic N) is 1. The third-order valence-electron chi connectivity index (χ3n) is 4.18. The highest BCUT2D eigenvalue weighted by molar-refractivity contribution is 5.89. The Balaban J connectivity index is 1.66. The number of carbonyl (C=O) groups is 2. The second kappa shape index (κ2) is 7.70. The van der Waals surface area contributed by atoms with E-state index in [-0.39, 0.29) is 23.5 Å². The van der Waals surface area contributed by atoms with Gasteiger partial charge in [0.1, 0.15) is 30.1 Å². The zero-order valence-electron chi connectivity index (χ0n) is 14.0. The lowest BCUT2D eigenvalue weighted by atomic mass is 10.1. The summed E-state index contributed by atoms with van der Waals surface area (Å²) in [5, 5.41) is 38.6. The Bertz CT molecular complexity index is 838. The largest absolute Gasteiger partial charge is 0.508 e. The Kier molecular flexibility index (Phi) is 5.36. The van der Waals surface area contributed by atoms with Crippen molar-refractivity contribution >= 4 is 11.9 Å². The van der Waals surface area contributed by atoms with Crippen molar-refractivity contribution in [3.05, 3.63) is 59.9 Å². The number of carboxylic acids is 1.